The highest BCUT2D eigenvalue weighted by Gasteiger charge is 2.32. The Morgan fingerprint density at radius 3 is 2.32 bits per heavy atom. The first-order valence-corrected chi connectivity index (χ1v) is 6.93. The smallest absolute Gasteiger partial charge is 0.229 e. The van der Waals surface area contributed by atoms with Crippen LogP contribution in [0.4, 0.5) is 0 Å². The normalized spacial score (nSPS) is 27.6. The van der Waals surface area contributed by atoms with Crippen LogP contribution in [-0.2, 0) is 9.59 Å². The van der Waals surface area contributed by atoms with Crippen molar-refractivity contribution in [3.63, 3.8) is 0 Å². The lowest BCUT2D eigenvalue weighted by atomic mass is 9.94. The quantitative estimate of drug-likeness (QED) is 0.726. The first-order chi connectivity index (χ1) is 8.99. The van der Waals surface area contributed by atoms with Crippen molar-refractivity contribution in [3.05, 3.63) is 12.2 Å². The van der Waals surface area contributed by atoms with E-state index in [1.54, 1.807) is 19.0 Å². The Balaban J connectivity index is 1.85. The summed E-state index contributed by atoms with van der Waals surface area (Å²) in [5.74, 6) is 0.353. The number of hydrogen-bond donors (Lipinski definition) is 1. The molecule has 1 aliphatic carbocycles. The average molecular weight is 265 g/mol. The van der Waals surface area contributed by atoms with Gasteiger partial charge < -0.3 is 15.5 Å². The zero-order chi connectivity index (χ0) is 14.0. The van der Waals surface area contributed by atoms with Crippen molar-refractivity contribution in [2.45, 2.75) is 25.3 Å². The van der Waals surface area contributed by atoms with Crippen LogP contribution in [0.1, 0.15) is 19.3 Å². The second-order valence-corrected chi connectivity index (χ2v) is 5.72. The molecule has 2 N–H and O–H groups in total. The van der Waals surface area contributed by atoms with Gasteiger partial charge >= 0.3 is 0 Å². The topological polar surface area (TPSA) is 66.6 Å². The molecule has 5 nitrogen and oxygen atoms in total. The Kier molecular flexibility index (Phi) is 4.24. The third kappa shape index (κ3) is 3.15. The molecule has 2 unspecified atom stereocenters. The molecule has 2 aliphatic rings. The van der Waals surface area contributed by atoms with Gasteiger partial charge in [0.05, 0.1) is 5.92 Å². The lowest BCUT2D eigenvalue weighted by Gasteiger charge is -2.33. The lowest BCUT2D eigenvalue weighted by molar-refractivity contribution is -0.140. The molecule has 1 saturated heterocycles. The van der Waals surface area contributed by atoms with Crippen LogP contribution in [0.5, 0.6) is 0 Å². The van der Waals surface area contributed by atoms with Crippen molar-refractivity contribution in [2.24, 2.45) is 17.6 Å². The monoisotopic (exact) mass is 265 g/mol. The minimum absolute atomic E-state index is 0.0156. The van der Waals surface area contributed by atoms with Crippen LogP contribution in [0.3, 0.4) is 0 Å². The fourth-order valence-electron chi connectivity index (χ4n) is 2.86. The highest BCUT2D eigenvalue weighted by molar-refractivity contribution is 5.82. The number of carbonyl (C=O) groups excluding carboxylic acids is 2. The van der Waals surface area contributed by atoms with Crippen molar-refractivity contribution in [1.29, 1.82) is 0 Å². The summed E-state index contributed by atoms with van der Waals surface area (Å²) in [6, 6.07) is 0.0156. The Morgan fingerprint density at radius 1 is 1.21 bits per heavy atom. The highest BCUT2D eigenvalue weighted by atomic mass is 16.2. The molecule has 2 atom stereocenters. The van der Waals surface area contributed by atoms with Gasteiger partial charge in [0.25, 0.3) is 0 Å². The number of piperidine rings is 1. The van der Waals surface area contributed by atoms with E-state index >= 15 is 0 Å². The van der Waals surface area contributed by atoms with E-state index in [4.69, 9.17) is 5.73 Å². The minimum atomic E-state index is -0.0592. The van der Waals surface area contributed by atoms with Gasteiger partial charge in [-0.3, -0.25) is 9.59 Å². The van der Waals surface area contributed by atoms with E-state index in [9.17, 15) is 9.59 Å². The van der Waals surface area contributed by atoms with Crippen molar-refractivity contribution < 1.29 is 9.59 Å². The number of likely N-dealkylation sites (tertiary alicyclic amines) is 1. The summed E-state index contributed by atoms with van der Waals surface area (Å²) in [5.41, 5.74) is 5.78. The lowest BCUT2D eigenvalue weighted by Crippen LogP contribution is -2.44. The first kappa shape index (κ1) is 14.1. The molecule has 0 aromatic rings. The first-order valence-electron chi connectivity index (χ1n) is 6.93. The maximum absolute atomic E-state index is 12.3. The van der Waals surface area contributed by atoms with Crippen LogP contribution in [0.25, 0.3) is 0 Å². The summed E-state index contributed by atoms with van der Waals surface area (Å²) >= 11 is 0. The van der Waals surface area contributed by atoms with Gasteiger partial charge in [-0.25, -0.2) is 0 Å². The zero-order valence-electron chi connectivity index (χ0n) is 11.7. The van der Waals surface area contributed by atoms with Gasteiger partial charge in [-0.1, -0.05) is 12.2 Å². The molecule has 2 amide bonds. The Bertz CT molecular complexity index is 384. The van der Waals surface area contributed by atoms with Crippen LogP contribution in [0, 0.1) is 11.8 Å². The zero-order valence-corrected chi connectivity index (χ0v) is 11.7. The van der Waals surface area contributed by atoms with Crippen LogP contribution >= 0.6 is 0 Å². The van der Waals surface area contributed by atoms with Gasteiger partial charge in [0.1, 0.15) is 0 Å². The van der Waals surface area contributed by atoms with Crippen LogP contribution in [0.2, 0.25) is 0 Å². The molecular weight excluding hydrogens is 242 g/mol. The average Bonchev–Trinajstić information content (AvgIpc) is 2.84. The molecule has 2 rings (SSSR count). The number of carbonyl (C=O) groups is 2. The van der Waals surface area contributed by atoms with Crippen molar-refractivity contribution in [1.82, 2.24) is 9.80 Å². The third-order valence-electron chi connectivity index (χ3n) is 4.03. The van der Waals surface area contributed by atoms with Gasteiger partial charge in [-0.05, 0) is 19.3 Å². The number of nitrogens with two attached hydrogens (primary N) is 1. The van der Waals surface area contributed by atoms with E-state index in [0.29, 0.717) is 13.1 Å². The fourth-order valence-corrected chi connectivity index (χ4v) is 2.86. The van der Waals surface area contributed by atoms with Gasteiger partial charge in [0.2, 0.25) is 11.8 Å². The molecule has 5 heteroatoms. The van der Waals surface area contributed by atoms with E-state index in [0.717, 1.165) is 19.3 Å². The Hall–Kier alpha value is -1.36. The van der Waals surface area contributed by atoms with Crippen LogP contribution in [-0.4, -0.2) is 54.8 Å². The predicted octanol–water partition coefficient (Wildman–Crippen LogP) is 0.217. The molecule has 0 aromatic carbocycles. The third-order valence-corrected chi connectivity index (χ3v) is 4.03. The molecule has 1 aliphatic heterocycles. The summed E-state index contributed by atoms with van der Waals surface area (Å²) in [6.45, 7) is 1.37. The van der Waals surface area contributed by atoms with Crippen molar-refractivity contribution in [3.8, 4) is 0 Å². The van der Waals surface area contributed by atoms with Gasteiger partial charge in [-0.15, -0.1) is 0 Å². The molecule has 0 radical (unpaired) electrons. The second-order valence-electron chi connectivity index (χ2n) is 5.72. The summed E-state index contributed by atoms with van der Waals surface area (Å²) in [6.07, 6.45) is 6.08. The number of hydrogen-bond acceptors (Lipinski definition) is 3. The number of nitrogens with zero attached hydrogens (tertiary/aromatic N) is 2. The molecule has 106 valence electrons. The van der Waals surface area contributed by atoms with E-state index in [-0.39, 0.29) is 29.7 Å². The molecule has 1 heterocycles. The minimum Gasteiger partial charge on any atom is -0.349 e. The maximum Gasteiger partial charge on any atom is 0.229 e. The van der Waals surface area contributed by atoms with E-state index in [1.807, 2.05) is 17.1 Å². The predicted molar refractivity (Wildman–Crippen MR) is 73.2 cm³/mol. The largest absolute Gasteiger partial charge is 0.349 e. The van der Waals surface area contributed by atoms with Gasteiger partial charge in [0.15, 0.2) is 0 Å². The fraction of sp³-hybridized carbons (Fsp3) is 0.714. The SMILES string of the molecule is CN(C)C(=O)C1CCN(C(=O)C2C=CC(N)C2)CC1. The Morgan fingerprint density at radius 2 is 1.84 bits per heavy atom. The van der Waals surface area contributed by atoms with Gasteiger partial charge in [0, 0.05) is 39.1 Å². The number of rotatable bonds is 2. The molecule has 0 aromatic heterocycles. The molecule has 0 spiro atoms. The molecular formula is C14H23N3O2. The van der Waals surface area contributed by atoms with E-state index in [1.165, 1.54) is 0 Å². The van der Waals surface area contributed by atoms with Crippen LogP contribution in [0.15, 0.2) is 12.2 Å². The molecule has 19 heavy (non-hydrogen) atoms. The van der Waals surface area contributed by atoms with Crippen LogP contribution < -0.4 is 5.73 Å². The van der Waals surface area contributed by atoms with E-state index in [2.05, 4.69) is 0 Å². The summed E-state index contributed by atoms with van der Waals surface area (Å²) in [4.78, 5) is 27.7. The summed E-state index contributed by atoms with van der Waals surface area (Å²) < 4.78 is 0. The van der Waals surface area contributed by atoms with E-state index < -0.39 is 0 Å². The Labute approximate surface area is 114 Å². The summed E-state index contributed by atoms with van der Waals surface area (Å²) in [7, 11) is 3.56. The van der Waals surface area contributed by atoms with Crippen molar-refractivity contribution in [2.75, 3.05) is 27.2 Å². The maximum atomic E-state index is 12.3. The summed E-state index contributed by atoms with van der Waals surface area (Å²) in [5, 5.41) is 0. The van der Waals surface area contributed by atoms with Crippen molar-refractivity contribution >= 4 is 11.8 Å². The molecule has 1 fully saturated rings. The molecule has 0 bridgehead atoms. The van der Waals surface area contributed by atoms with Gasteiger partial charge in [-0.2, -0.15) is 0 Å². The highest BCUT2D eigenvalue weighted by Crippen LogP contribution is 2.24. The standard InChI is InChI=1S/C14H23N3O2/c1-16(2)13(18)10-5-7-17(8-6-10)14(19)11-3-4-12(15)9-11/h3-4,10-12H,5-9,15H2,1-2H3. The number of amides is 2. The molecule has 0 saturated carbocycles. The second kappa shape index (κ2) is 5.74.